The Morgan fingerprint density at radius 3 is 2.35 bits per heavy atom. The van der Waals surface area contributed by atoms with E-state index >= 15 is 0 Å². The van der Waals surface area contributed by atoms with Gasteiger partial charge in [-0.05, 0) is 35.4 Å². The van der Waals surface area contributed by atoms with E-state index in [2.05, 4.69) is 48.5 Å². The van der Waals surface area contributed by atoms with E-state index in [0.717, 1.165) is 5.75 Å². The molecule has 2 atom stereocenters. The highest BCUT2D eigenvalue weighted by molar-refractivity contribution is 5.44. The van der Waals surface area contributed by atoms with Gasteiger partial charge in [0.15, 0.2) is 0 Å². The molecule has 0 amide bonds. The van der Waals surface area contributed by atoms with Gasteiger partial charge in [-0.3, -0.25) is 0 Å². The molecule has 0 heterocycles. The van der Waals surface area contributed by atoms with E-state index in [4.69, 9.17) is 4.74 Å². The van der Waals surface area contributed by atoms with Crippen molar-refractivity contribution in [2.24, 2.45) is 0 Å². The summed E-state index contributed by atoms with van der Waals surface area (Å²) < 4.78 is 5.43. The topological polar surface area (TPSA) is 9.23 Å². The van der Waals surface area contributed by atoms with Gasteiger partial charge in [0, 0.05) is 0 Å². The van der Waals surface area contributed by atoms with Crippen molar-refractivity contribution >= 4 is 0 Å². The molecule has 0 spiro atoms. The number of methoxy groups -OCH3 is 1. The van der Waals surface area contributed by atoms with E-state index < -0.39 is 0 Å². The normalized spacial score (nSPS) is 22.2. The molecule has 1 heteroatoms. The van der Waals surface area contributed by atoms with Crippen LogP contribution in [-0.4, -0.2) is 7.11 Å². The van der Waals surface area contributed by atoms with Crippen LogP contribution >= 0.6 is 0 Å². The average molecular weight is 224 g/mol. The Labute approximate surface area is 102 Å². The van der Waals surface area contributed by atoms with Crippen LogP contribution in [0.25, 0.3) is 0 Å². The molecule has 2 aromatic carbocycles. The number of hydrogen-bond donors (Lipinski definition) is 0. The first-order chi connectivity index (χ1) is 8.40. The molecule has 0 N–H and O–H groups in total. The maximum absolute atomic E-state index is 5.43. The summed E-state index contributed by atoms with van der Waals surface area (Å²) in [7, 11) is 1.75. The van der Waals surface area contributed by atoms with Crippen LogP contribution in [0.1, 0.15) is 29.4 Å². The fourth-order valence-corrected chi connectivity index (χ4v) is 2.58. The zero-order valence-corrected chi connectivity index (χ0v) is 9.97. The van der Waals surface area contributed by atoms with Crippen LogP contribution in [0.2, 0.25) is 0 Å². The minimum atomic E-state index is 0.633. The van der Waals surface area contributed by atoms with Crippen LogP contribution in [0.3, 0.4) is 0 Å². The quantitative estimate of drug-likeness (QED) is 0.766. The predicted octanol–water partition coefficient (Wildman–Crippen LogP) is 3.97. The van der Waals surface area contributed by atoms with E-state index in [1.165, 1.54) is 17.5 Å². The van der Waals surface area contributed by atoms with E-state index in [9.17, 15) is 0 Å². The first kappa shape index (κ1) is 10.4. The second-order valence-corrected chi connectivity index (χ2v) is 4.60. The maximum Gasteiger partial charge on any atom is 0.122 e. The average Bonchev–Trinajstić information content (AvgIpc) is 3.20. The molecule has 17 heavy (non-hydrogen) atoms. The monoisotopic (exact) mass is 224 g/mol. The van der Waals surface area contributed by atoms with Crippen molar-refractivity contribution in [2.75, 3.05) is 7.11 Å². The largest absolute Gasteiger partial charge is 0.496 e. The molecule has 1 saturated carbocycles. The summed E-state index contributed by atoms with van der Waals surface area (Å²) >= 11 is 0. The Kier molecular flexibility index (Phi) is 2.60. The second kappa shape index (κ2) is 4.25. The summed E-state index contributed by atoms with van der Waals surface area (Å²) in [5.41, 5.74) is 2.80. The van der Waals surface area contributed by atoms with Crippen molar-refractivity contribution in [1.29, 1.82) is 0 Å². The Morgan fingerprint density at radius 1 is 0.882 bits per heavy atom. The lowest BCUT2D eigenvalue weighted by atomic mass is 10.0. The molecule has 1 nitrogen and oxygen atoms in total. The van der Waals surface area contributed by atoms with Gasteiger partial charge in [-0.25, -0.2) is 0 Å². The fraction of sp³-hybridized carbons (Fsp3) is 0.250. The SMILES string of the molecule is COc1ccccc1[C@H]1C[C@H]1c1ccccc1. The van der Waals surface area contributed by atoms with Gasteiger partial charge in [0.1, 0.15) is 5.75 Å². The Balaban J connectivity index is 1.85. The Morgan fingerprint density at radius 2 is 1.59 bits per heavy atom. The predicted molar refractivity (Wildman–Crippen MR) is 69.5 cm³/mol. The highest BCUT2D eigenvalue weighted by atomic mass is 16.5. The van der Waals surface area contributed by atoms with Gasteiger partial charge >= 0.3 is 0 Å². The lowest BCUT2D eigenvalue weighted by Crippen LogP contribution is -1.90. The van der Waals surface area contributed by atoms with E-state index in [1.807, 2.05) is 6.07 Å². The summed E-state index contributed by atoms with van der Waals surface area (Å²) in [6.07, 6.45) is 1.24. The molecule has 0 bridgehead atoms. The molecular weight excluding hydrogens is 208 g/mol. The molecule has 1 aliphatic rings. The van der Waals surface area contributed by atoms with Crippen molar-refractivity contribution < 1.29 is 4.74 Å². The van der Waals surface area contributed by atoms with Gasteiger partial charge in [0.2, 0.25) is 0 Å². The van der Waals surface area contributed by atoms with Crippen LogP contribution < -0.4 is 4.74 Å². The van der Waals surface area contributed by atoms with Gasteiger partial charge in [0.05, 0.1) is 7.11 Å². The van der Waals surface area contributed by atoms with Crippen LogP contribution in [0.4, 0.5) is 0 Å². The van der Waals surface area contributed by atoms with E-state index in [1.54, 1.807) is 7.11 Å². The lowest BCUT2D eigenvalue weighted by Gasteiger charge is -2.07. The Hall–Kier alpha value is -1.76. The van der Waals surface area contributed by atoms with Crippen molar-refractivity contribution in [3.05, 3.63) is 65.7 Å². The van der Waals surface area contributed by atoms with Crippen LogP contribution in [0.5, 0.6) is 5.75 Å². The minimum Gasteiger partial charge on any atom is -0.496 e. The van der Waals surface area contributed by atoms with Crippen molar-refractivity contribution in [1.82, 2.24) is 0 Å². The zero-order valence-electron chi connectivity index (χ0n) is 9.97. The maximum atomic E-state index is 5.43. The zero-order chi connectivity index (χ0) is 11.7. The smallest absolute Gasteiger partial charge is 0.122 e. The van der Waals surface area contributed by atoms with Gasteiger partial charge in [-0.15, -0.1) is 0 Å². The van der Waals surface area contributed by atoms with Gasteiger partial charge in [-0.1, -0.05) is 48.5 Å². The molecule has 0 radical (unpaired) electrons. The summed E-state index contributed by atoms with van der Waals surface area (Å²) in [5.74, 6) is 2.33. The molecule has 1 aliphatic carbocycles. The second-order valence-electron chi connectivity index (χ2n) is 4.60. The van der Waals surface area contributed by atoms with Crippen LogP contribution in [0, 0.1) is 0 Å². The molecule has 86 valence electrons. The van der Waals surface area contributed by atoms with Gasteiger partial charge < -0.3 is 4.74 Å². The highest BCUT2D eigenvalue weighted by Crippen LogP contribution is 2.56. The summed E-state index contributed by atoms with van der Waals surface area (Å²) in [5, 5.41) is 0. The molecule has 0 aliphatic heterocycles. The van der Waals surface area contributed by atoms with Crippen LogP contribution in [-0.2, 0) is 0 Å². The van der Waals surface area contributed by atoms with E-state index in [-0.39, 0.29) is 0 Å². The summed E-state index contributed by atoms with van der Waals surface area (Å²) in [6, 6.07) is 19.1. The van der Waals surface area contributed by atoms with Crippen molar-refractivity contribution in [2.45, 2.75) is 18.3 Å². The number of rotatable bonds is 3. The molecular formula is C16H16O. The molecule has 3 rings (SSSR count). The fourth-order valence-electron chi connectivity index (χ4n) is 2.58. The van der Waals surface area contributed by atoms with Crippen molar-refractivity contribution in [3.8, 4) is 5.75 Å². The third-order valence-corrected chi connectivity index (χ3v) is 3.56. The number of ether oxygens (including phenoxy) is 1. The van der Waals surface area contributed by atoms with E-state index in [0.29, 0.717) is 11.8 Å². The minimum absolute atomic E-state index is 0.633. The third kappa shape index (κ3) is 1.93. The number of benzene rings is 2. The molecule has 0 aromatic heterocycles. The van der Waals surface area contributed by atoms with Crippen LogP contribution in [0.15, 0.2) is 54.6 Å². The number of para-hydroxylation sites is 1. The standard InChI is InChI=1S/C16H16O/c1-17-16-10-6-5-9-13(16)15-11-14(15)12-7-3-2-4-8-12/h2-10,14-15H,11H2,1H3/t14-,15+/m0/s1. The van der Waals surface area contributed by atoms with Gasteiger partial charge in [-0.2, -0.15) is 0 Å². The summed E-state index contributed by atoms with van der Waals surface area (Å²) in [4.78, 5) is 0. The molecule has 0 unspecified atom stereocenters. The van der Waals surface area contributed by atoms with Crippen molar-refractivity contribution in [3.63, 3.8) is 0 Å². The van der Waals surface area contributed by atoms with Gasteiger partial charge in [0.25, 0.3) is 0 Å². The molecule has 2 aromatic rings. The Bertz CT molecular complexity index is 504. The molecule has 0 saturated heterocycles. The summed E-state index contributed by atoms with van der Waals surface area (Å²) in [6.45, 7) is 0. The number of hydrogen-bond acceptors (Lipinski definition) is 1. The first-order valence-electron chi connectivity index (χ1n) is 6.08. The lowest BCUT2D eigenvalue weighted by molar-refractivity contribution is 0.409. The third-order valence-electron chi connectivity index (χ3n) is 3.56. The first-order valence-corrected chi connectivity index (χ1v) is 6.08. The highest BCUT2D eigenvalue weighted by Gasteiger charge is 2.40. The molecule has 1 fully saturated rings.